The fraction of sp³-hybridized carbons (Fsp3) is 0. The van der Waals surface area contributed by atoms with E-state index < -0.39 is 5.91 Å². The number of halogens is 3. The standard InChI is InChI=1S/C11H7BrCl2N4O/c12-8-5-16-17-10(8)11(19)18-15-4-6-1-2-7(13)3-9(6)14/h1-5H,(H,16,17)(H,18,19)/b15-4+. The second-order valence-electron chi connectivity index (χ2n) is 3.46. The van der Waals surface area contributed by atoms with Crippen molar-refractivity contribution in [2.24, 2.45) is 5.10 Å². The summed E-state index contributed by atoms with van der Waals surface area (Å²) in [6.45, 7) is 0. The Morgan fingerprint density at radius 1 is 1.47 bits per heavy atom. The van der Waals surface area contributed by atoms with Gasteiger partial charge >= 0.3 is 0 Å². The van der Waals surface area contributed by atoms with Gasteiger partial charge in [-0.15, -0.1) is 0 Å². The lowest BCUT2D eigenvalue weighted by atomic mass is 10.2. The van der Waals surface area contributed by atoms with Gasteiger partial charge in [-0.1, -0.05) is 29.3 Å². The van der Waals surface area contributed by atoms with Crippen LogP contribution in [0, 0.1) is 0 Å². The molecule has 19 heavy (non-hydrogen) atoms. The van der Waals surface area contributed by atoms with Crippen LogP contribution in [-0.4, -0.2) is 22.3 Å². The van der Waals surface area contributed by atoms with Crippen LogP contribution in [0.15, 0.2) is 34.0 Å². The molecule has 2 rings (SSSR count). The Kier molecular flexibility index (Phi) is 4.57. The van der Waals surface area contributed by atoms with Crippen LogP contribution in [0.4, 0.5) is 0 Å². The fourth-order valence-electron chi connectivity index (χ4n) is 1.25. The molecule has 0 saturated carbocycles. The monoisotopic (exact) mass is 360 g/mol. The number of hydrogen-bond acceptors (Lipinski definition) is 3. The summed E-state index contributed by atoms with van der Waals surface area (Å²) in [7, 11) is 0. The van der Waals surface area contributed by atoms with E-state index >= 15 is 0 Å². The molecule has 0 radical (unpaired) electrons. The minimum absolute atomic E-state index is 0.291. The summed E-state index contributed by atoms with van der Waals surface area (Å²) >= 11 is 14.9. The largest absolute Gasteiger partial charge is 0.290 e. The number of nitrogens with one attached hydrogen (secondary N) is 2. The van der Waals surface area contributed by atoms with Crippen molar-refractivity contribution in [1.82, 2.24) is 15.6 Å². The SMILES string of the molecule is O=C(N/N=C/c1ccc(Cl)cc1Cl)c1[nH]ncc1Br. The van der Waals surface area contributed by atoms with E-state index in [2.05, 4.69) is 36.7 Å². The van der Waals surface area contributed by atoms with Gasteiger partial charge in [0, 0.05) is 10.6 Å². The molecule has 5 nitrogen and oxygen atoms in total. The summed E-state index contributed by atoms with van der Waals surface area (Å²) in [5.41, 5.74) is 3.29. The Hall–Kier alpha value is -1.37. The van der Waals surface area contributed by atoms with Crippen LogP contribution in [0.5, 0.6) is 0 Å². The topological polar surface area (TPSA) is 70.1 Å². The second kappa shape index (κ2) is 6.18. The van der Waals surface area contributed by atoms with E-state index in [1.807, 2.05) is 0 Å². The zero-order valence-corrected chi connectivity index (χ0v) is 12.4. The second-order valence-corrected chi connectivity index (χ2v) is 5.16. The molecule has 98 valence electrons. The van der Waals surface area contributed by atoms with Gasteiger partial charge in [0.1, 0.15) is 5.69 Å². The molecule has 2 aromatic rings. The van der Waals surface area contributed by atoms with E-state index in [0.717, 1.165) is 0 Å². The van der Waals surface area contributed by atoms with Crippen LogP contribution in [0.2, 0.25) is 10.0 Å². The molecule has 1 amide bonds. The summed E-state index contributed by atoms with van der Waals surface area (Å²) in [4.78, 5) is 11.7. The zero-order valence-electron chi connectivity index (χ0n) is 9.32. The van der Waals surface area contributed by atoms with Crippen molar-refractivity contribution in [2.75, 3.05) is 0 Å². The van der Waals surface area contributed by atoms with Crippen molar-refractivity contribution in [3.05, 3.63) is 50.2 Å². The molecule has 0 aliphatic heterocycles. The van der Waals surface area contributed by atoms with Crippen molar-refractivity contribution in [3.63, 3.8) is 0 Å². The molecular formula is C11H7BrCl2N4O. The molecule has 0 aliphatic carbocycles. The Bertz CT molecular complexity index is 641. The highest BCUT2D eigenvalue weighted by Gasteiger charge is 2.10. The van der Waals surface area contributed by atoms with E-state index in [9.17, 15) is 4.79 Å². The molecule has 0 atom stereocenters. The number of aromatic amines is 1. The fourth-order valence-corrected chi connectivity index (χ4v) is 2.08. The van der Waals surface area contributed by atoms with Gasteiger partial charge in [0.05, 0.1) is 21.9 Å². The van der Waals surface area contributed by atoms with E-state index in [1.54, 1.807) is 18.2 Å². The van der Waals surface area contributed by atoms with Gasteiger partial charge in [0.15, 0.2) is 0 Å². The highest BCUT2D eigenvalue weighted by Crippen LogP contribution is 2.19. The van der Waals surface area contributed by atoms with E-state index in [4.69, 9.17) is 23.2 Å². The minimum atomic E-state index is -0.411. The Morgan fingerprint density at radius 3 is 2.89 bits per heavy atom. The Labute approximate surface area is 127 Å². The van der Waals surface area contributed by atoms with E-state index in [0.29, 0.717) is 25.8 Å². The van der Waals surface area contributed by atoms with Crippen molar-refractivity contribution in [2.45, 2.75) is 0 Å². The number of carbonyl (C=O) groups is 1. The molecule has 1 heterocycles. The molecule has 1 aromatic heterocycles. The van der Waals surface area contributed by atoms with Gasteiger partial charge in [0.25, 0.3) is 5.91 Å². The predicted octanol–water partition coefficient (Wildman–Crippen LogP) is 3.24. The summed E-state index contributed by atoms with van der Waals surface area (Å²) < 4.78 is 0.560. The number of amides is 1. The molecule has 8 heteroatoms. The first-order valence-corrected chi connectivity index (χ1v) is 6.60. The normalized spacial score (nSPS) is 10.9. The average Bonchev–Trinajstić information content (AvgIpc) is 2.78. The third-order valence-corrected chi connectivity index (χ3v) is 3.32. The minimum Gasteiger partial charge on any atom is -0.272 e. The number of hydrazone groups is 1. The first-order valence-electron chi connectivity index (χ1n) is 5.05. The first-order chi connectivity index (χ1) is 9.08. The summed E-state index contributed by atoms with van der Waals surface area (Å²) in [5.74, 6) is -0.411. The molecule has 2 N–H and O–H groups in total. The first kappa shape index (κ1) is 14.0. The van der Waals surface area contributed by atoms with Crippen molar-refractivity contribution < 1.29 is 4.79 Å². The highest BCUT2D eigenvalue weighted by molar-refractivity contribution is 9.10. The van der Waals surface area contributed by atoms with Crippen LogP contribution in [0.25, 0.3) is 0 Å². The number of H-pyrrole nitrogens is 1. The third-order valence-electron chi connectivity index (χ3n) is 2.15. The Morgan fingerprint density at radius 2 is 2.26 bits per heavy atom. The smallest absolute Gasteiger partial charge is 0.272 e. The van der Waals surface area contributed by atoms with E-state index in [1.165, 1.54) is 12.4 Å². The summed E-state index contributed by atoms with van der Waals surface area (Å²) in [6, 6.07) is 4.98. The number of benzene rings is 1. The van der Waals surface area contributed by atoms with Gasteiger partial charge in [-0.05, 0) is 28.1 Å². The number of hydrogen-bond donors (Lipinski definition) is 2. The van der Waals surface area contributed by atoms with Gasteiger partial charge in [-0.3, -0.25) is 9.89 Å². The molecule has 0 bridgehead atoms. The lowest BCUT2D eigenvalue weighted by Crippen LogP contribution is -2.18. The molecule has 0 spiro atoms. The number of rotatable bonds is 3. The van der Waals surface area contributed by atoms with Crippen LogP contribution in [-0.2, 0) is 0 Å². The number of carbonyl (C=O) groups excluding carboxylic acids is 1. The lowest BCUT2D eigenvalue weighted by Gasteiger charge is -1.99. The molecule has 0 aliphatic rings. The third kappa shape index (κ3) is 3.56. The van der Waals surface area contributed by atoms with Crippen molar-refractivity contribution in [3.8, 4) is 0 Å². The maximum atomic E-state index is 11.7. The maximum Gasteiger partial charge on any atom is 0.290 e. The van der Waals surface area contributed by atoms with Crippen LogP contribution in [0.1, 0.15) is 16.1 Å². The summed E-state index contributed by atoms with van der Waals surface area (Å²) in [5, 5.41) is 11.1. The number of aromatic nitrogens is 2. The average molecular weight is 362 g/mol. The quantitative estimate of drug-likeness (QED) is 0.650. The molecular weight excluding hydrogens is 355 g/mol. The van der Waals surface area contributed by atoms with Gasteiger partial charge in [-0.2, -0.15) is 10.2 Å². The van der Waals surface area contributed by atoms with Crippen LogP contribution < -0.4 is 5.43 Å². The van der Waals surface area contributed by atoms with Crippen molar-refractivity contribution >= 4 is 51.3 Å². The molecule has 0 saturated heterocycles. The lowest BCUT2D eigenvalue weighted by molar-refractivity contribution is 0.0949. The van der Waals surface area contributed by atoms with Crippen molar-refractivity contribution in [1.29, 1.82) is 0 Å². The molecule has 1 aromatic carbocycles. The number of nitrogens with zero attached hydrogens (tertiary/aromatic N) is 2. The van der Waals surface area contributed by atoms with Gasteiger partial charge in [0.2, 0.25) is 0 Å². The molecule has 0 unspecified atom stereocenters. The highest BCUT2D eigenvalue weighted by atomic mass is 79.9. The van der Waals surface area contributed by atoms with Gasteiger partial charge < -0.3 is 0 Å². The Balaban J connectivity index is 2.04. The summed E-state index contributed by atoms with van der Waals surface area (Å²) in [6.07, 6.45) is 2.91. The van der Waals surface area contributed by atoms with E-state index in [-0.39, 0.29) is 0 Å². The van der Waals surface area contributed by atoms with Crippen LogP contribution >= 0.6 is 39.1 Å². The van der Waals surface area contributed by atoms with Gasteiger partial charge in [-0.25, -0.2) is 5.43 Å². The zero-order chi connectivity index (χ0) is 13.8. The van der Waals surface area contributed by atoms with Crippen LogP contribution in [0.3, 0.4) is 0 Å². The predicted molar refractivity (Wildman–Crippen MR) is 77.8 cm³/mol. The maximum absolute atomic E-state index is 11.7. The molecule has 0 fully saturated rings.